The van der Waals surface area contributed by atoms with Crippen LogP contribution >= 0.6 is 0 Å². The normalized spacial score (nSPS) is 18.0. The molecule has 2 N–H and O–H groups in total. The second-order valence-corrected chi connectivity index (χ2v) is 7.45. The number of hydrogen-bond donors (Lipinski definition) is 2. The Morgan fingerprint density at radius 2 is 1.76 bits per heavy atom. The standard InChI is InChI=1S/C20H29N3O2/c1-15-2-4-16(5-3-15)6-7-17-10-12-23(13-11-17)19(24)14-21-20(25)22-18-8-9-18/h2-5,17-18H,6-14H2,1H3,(H2,21,22,25). The molecule has 0 aromatic heterocycles. The molecule has 0 unspecified atom stereocenters. The number of benzene rings is 1. The van der Waals surface area contributed by atoms with E-state index in [9.17, 15) is 9.59 Å². The van der Waals surface area contributed by atoms with Crippen LogP contribution in [0.4, 0.5) is 4.79 Å². The van der Waals surface area contributed by atoms with Gasteiger partial charge in [-0.25, -0.2) is 4.79 Å². The highest BCUT2D eigenvalue weighted by atomic mass is 16.2. The first-order chi connectivity index (χ1) is 12.1. The van der Waals surface area contributed by atoms with Gasteiger partial charge in [0.25, 0.3) is 0 Å². The molecule has 1 aliphatic heterocycles. The van der Waals surface area contributed by atoms with Crippen molar-refractivity contribution in [3.63, 3.8) is 0 Å². The summed E-state index contributed by atoms with van der Waals surface area (Å²) in [5, 5.41) is 5.51. The average molecular weight is 343 g/mol. The number of rotatable bonds is 6. The molecular formula is C20H29N3O2. The van der Waals surface area contributed by atoms with Crippen molar-refractivity contribution in [1.82, 2.24) is 15.5 Å². The number of amides is 3. The van der Waals surface area contributed by atoms with Crippen molar-refractivity contribution in [2.45, 2.75) is 51.5 Å². The highest BCUT2D eigenvalue weighted by Crippen LogP contribution is 2.22. The topological polar surface area (TPSA) is 61.4 Å². The molecule has 5 heteroatoms. The summed E-state index contributed by atoms with van der Waals surface area (Å²) in [6.07, 6.45) is 6.53. The smallest absolute Gasteiger partial charge is 0.315 e. The molecule has 5 nitrogen and oxygen atoms in total. The lowest BCUT2D eigenvalue weighted by molar-refractivity contribution is -0.131. The predicted molar refractivity (Wildman–Crippen MR) is 98.4 cm³/mol. The fourth-order valence-corrected chi connectivity index (χ4v) is 3.33. The van der Waals surface area contributed by atoms with Crippen LogP contribution in [0.3, 0.4) is 0 Å². The van der Waals surface area contributed by atoms with E-state index in [-0.39, 0.29) is 18.5 Å². The van der Waals surface area contributed by atoms with Gasteiger partial charge in [-0.05, 0) is 56.9 Å². The van der Waals surface area contributed by atoms with Crippen LogP contribution in [0.1, 0.15) is 43.2 Å². The minimum atomic E-state index is -0.219. The lowest BCUT2D eigenvalue weighted by Gasteiger charge is -2.32. The summed E-state index contributed by atoms with van der Waals surface area (Å²) >= 11 is 0. The predicted octanol–water partition coefficient (Wildman–Crippen LogP) is 2.63. The van der Waals surface area contributed by atoms with Crippen LogP contribution in [0.25, 0.3) is 0 Å². The van der Waals surface area contributed by atoms with Gasteiger partial charge in [0.05, 0.1) is 6.54 Å². The lowest BCUT2D eigenvalue weighted by Crippen LogP contribution is -2.46. The number of carbonyl (C=O) groups is 2. The molecule has 2 fully saturated rings. The number of nitrogens with one attached hydrogen (secondary N) is 2. The first kappa shape index (κ1) is 17.8. The summed E-state index contributed by atoms with van der Waals surface area (Å²) in [6.45, 7) is 3.83. The van der Waals surface area contributed by atoms with E-state index >= 15 is 0 Å². The van der Waals surface area contributed by atoms with Gasteiger partial charge in [0.15, 0.2) is 0 Å². The zero-order chi connectivity index (χ0) is 17.6. The molecule has 3 amide bonds. The summed E-state index contributed by atoms with van der Waals surface area (Å²) in [5.74, 6) is 0.722. The van der Waals surface area contributed by atoms with E-state index in [1.54, 1.807) is 0 Å². The number of aryl methyl sites for hydroxylation is 2. The molecular weight excluding hydrogens is 314 g/mol. The van der Waals surface area contributed by atoms with Gasteiger partial charge in [0.2, 0.25) is 5.91 Å². The van der Waals surface area contributed by atoms with Gasteiger partial charge < -0.3 is 15.5 Å². The van der Waals surface area contributed by atoms with Gasteiger partial charge in [-0.3, -0.25) is 4.79 Å². The van der Waals surface area contributed by atoms with Gasteiger partial charge in [-0.2, -0.15) is 0 Å². The molecule has 2 aliphatic rings. The summed E-state index contributed by atoms with van der Waals surface area (Å²) in [7, 11) is 0. The van der Waals surface area contributed by atoms with Gasteiger partial charge in [-0.15, -0.1) is 0 Å². The Morgan fingerprint density at radius 1 is 1.08 bits per heavy atom. The number of nitrogens with zero attached hydrogens (tertiary/aromatic N) is 1. The number of hydrogen-bond acceptors (Lipinski definition) is 2. The maximum atomic E-state index is 12.2. The quantitative estimate of drug-likeness (QED) is 0.834. The zero-order valence-corrected chi connectivity index (χ0v) is 15.1. The van der Waals surface area contributed by atoms with Gasteiger partial charge in [0.1, 0.15) is 0 Å². The molecule has 1 aromatic carbocycles. The molecule has 0 atom stereocenters. The molecule has 1 saturated heterocycles. The van der Waals surface area contributed by atoms with Crippen molar-refractivity contribution in [1.29, 1.82) is 0 Å². The first-order valence-electron chi connectivity index (χ1n) is 9.48. The largest absolute Gasteiger partial charge is 0.341 e. The molecule has 0 bridgehead atoms. The Kier molecular flexibility index (Phi) is 5.95. The third-order valence-corrected chi connectivity index (χ3v) is 5.24. The molecule has 25 heavy (non-hydrogen) atoms. The fraction of sp³-hybridized carbons (Fsp3) is 0.600. The Labute approximate surface area is 150 Å². The summed E-state index contributed by atoms with van der Waals surface area (Å²) < 4.78 is 0. The second-order valence-electron chi connectivity index (χ2n) is 7.45. The van der Waals surface area contributed by atoms with Gasteiger partial charge in [0, 0.05) is 19.1 Å². The van der Waals surface area contributed by atoms with Gasteiger partial charge in [-0.1, -0.05) is 29.8 Å². The van der Waals surface area contributed by atoms with Crippen molar-refractivity contribution in [2.75, 3.05) is 19.6 Å². The van der Waals surface area contributed by atoms with E-state index in [1.807, 2.05) is 4.90 Å². The Hall–Kier alpha value is -2.04. The van der Waals surface area contributed by atoms with E-state index in [0.29, 0.717) is 12.0 Å². The molecule has 3 rings (SSSR count). The van der Waals surface area contributed by atoms with Crippen molar-refractivity contribution in [3.8, 4) is 0 Å². The highest BCUT2D eigenvalue weighted by Gasteiger charge is 2.25. The molecule has 1 aliphatic carbocycles. The van der Waals surface area contributed by atoms with E-state index in [0.717, 1.165) is 45.2 Å². The third-order valence-electron chi connectivity index (χ3n) is 5.24. The third kappa shape index (κ3) is 5.76. The maximum absolute atomic E-state index is 12.2. The van der Waals surface area contributed by atoms with Crippen molar-refractivity contribution in [2.24, 2.45) is 5.92 Å². The van der Waals surface area contributed by atoms with Crippen LogP contribution in [0.2, 0.25) is 0 Å². The van der Waals surface area contributed by atoms with Crippen LogP contribution < -0.4 is 10.6 Å². The minimum Gasteiger partial charge on any atom is -0.341 e. The van der Waals surface area contributed by atoms with E-state index in [4.69, 9.17) is 0 Å². The molecule has 0 spiro atoms. The molecule has 1 saturated carbocycles. The molecule has 0 radical (unpaired) electrons. The van der Waals surface area contributed by atoms with Gasteiger partial charge >= 0.3 is 6.03 Å². The Bertz CT molecular complexity index is 587. The van der Waals surface area contributed by atoms with Crippen molar-refractivity contribution < 1.29 is 9.59 Å². The monoisotopic (exact) mass is 343 g/mol. The van der Waals surface area contributed by atoms with Crippen LogP contribution in [-0.2, 0) is 11.2 Å². The maximum Gasteiger partial charge on any atom is 0.315 e. The Morgan fingerprint density at radius 3 is 2.40 bits per heavy atom. The van der Waals surface area contributed by atoms with E-state index < -0.39 is 0 Å². The molecule has 1 heterocycles. The summed E-state index contributed by atoms with van der Waals surface area (Å²) in [5.41, 5.74) is 2.70. The molecule has 136 valence electrons. The SMILES string of the molecule is Cc1ccc(CCC2CCN(C(=O)CNC(=O)NC3CC3)CC2)cc1. The number of likely N-dealkylation sites (tertiary alicyclic amines) is 1. The first-order valence-corrected chi connectivity index (χ1v) is 9.48. The van der Waals surface area contributed by atoms with Crippen LogP contribution in [-0.4, -0.2) is 42.5 Å². The van der Waals surface area contributed by atoms with Crippen LogP contribution in [0.5, 0.6) is 0 Å². The van der Waals surface area contributed by atoms with Crippen LogP contribution in [0.15, 0.2) is 24.3 Å². The van der Waals surface area contributed by atoms with E-state index in [1.165, 1.54) is 17.5 Å². The average Bonchev–Trinajstić information content (AvgIpc) is 3.43. The summed E-state index contributed by atoms with van der Waals surface area (Å²) in [4.78, 5) is 25.7. The summed E-state index contributed by atoms with van der Waals surface area (Å²) in [6, 6.07) is 8.87. The zero-order valence-electron chi connectivity index (χ0n) is 15.1. The number of urea groups is 1. The Balaban J connectivity index is 1.32. The van der Waals surface area contributed by atoms with Crippen molar-refractivity contribution >= 4 is 11.9 Å². The molecule has 1 aromatic rings. The minimum absolute atomic E-state index is 0.0305. The second kappa shape index (κ2) is 8.37. The van der Waals surface area contributed by atoms with Crippen LogP contribution in [0, 0.1) is 12.8 Å². The number of piperidine rings is 1. The highest BCUT2D eigenvalue weighted by molar-refractivity contribution is 5.84. The fourth-order valence-electron chi connectivity index (χ4n) is 3.33. The number of carbonyl (C=O) groups excluding carboxylic acids is 2. The lowest BCUT2D eigenvalue weighted by atomic mass is 9.90. The van der Waals surface area contributed by atoms with Crippen molar-refractivity contribution in [3.05, 3.63) is 35.4 Å². The van der Waals surface area contributed by atoms with E-state index in [2.05, 4.69) is 41.8 Å².